The summed E-state index contributed by atoms with van der Waals surface area (Å²) < 4.78 is 5.51. The lowest BCUT2D eigenvalue weighted by Gasteiger charge is -2.28. The van der Waals surface area contributed by atoms with E-state index in [9.17, 15) is 4.79 Å². The normalized spacial score (nSPS) is 21.0. The van der Waals surface area contributed by atoms with Gasteiger partial charge in [-0.15, -0.1) is 0 Å². The Kier molecular flexibility index (Phi) is 6.04. The maximum Gasteiger partial charge on any atom is 0.362 e. The zero-order chi connectivity index (χ0) is 16.8. The van der Waals surface area contributed by atoms with Crippen LogP contribution in [0.25, 0.3) is 0 Å². The largest absolute Gasteiger partial charge is 0.494 e. The highest BCUT2D eigenvalue weighted by Crippen LogP contribution is 2.15. The van der Waals surface area contributed by atoms with Crippen LogP contribution in [0.2, 0.25) is 0 Å². The van der Waals surface area contributed by atoms with Crippen molar-refractivity contribution < 1.29 is 19.3 Å². The zero-order valence-corrected chi connectivity index (χ0v) is 14.4. The van der Waals surface area contributed by atoms with Crippen LogP contribution in [0.3, 0.4) is 0 Å². The monoisotopic (exact) mass is 319 g/mol. The number of quaternary nitrogens is 1. The summed E-state index contributed by atoms with van der Waals surface area (Å²) in [6.07, 6.45) is 0.956. The first-order valence-corrected chi connectivity index (χ1v) is 8.22. The Hall–Kier alpha value is -2.01. The van der Waals surface area contributed by atoms with E-state index >= 15 is 0 Å². The molecule has 0 radical (unpaired) electrons. The minimum absolute atomic E-state index is 0.348. The van der Waals surface area contributed by atoms with Crippen molar-refractivity contribution in [2.45, 2.75) is 27.2 Å². The fraction of sp³-hybridized carbons (Fsp3) is 0.500. The Bertz CT molecular complexity index is 566. The maximum atomic E-state index is 12.1. The Labute approximate surface area is 138 Å². The number of likely N-dealkylation sites (N-methyl/N-ethyl adjacent to an activating group) is 1. The third-order valence-electron chi connectivity index (χ3n) is 3.99. The SMILES string of the molecule is CCCOc1ccc(C(=O)ONC2=C(C)C[NH+](C)C[C@@H]2C)cc1. The molecule has 23 heavy (non-hydrogen) atoms. The summed E-state index contributed by atoms with van der Waals surface area (Å²) in [7, 11) is 2.17. The van der Waals surface area contributed by atoms with Gasteiger partial charge in [-0.05, 0) is 37.6 Å². The Morgan fingerprint density at radius 1 is 1.35 bits per heavy atom. The minimum Gasteiger partial charge on any atom is -0.494 e. The minimum atomic E-state index is -0.384. The fourth-order valence-electron chi connectivity index (χ4n) is 2.92. The molecule has 1 unspecified atom stereocenters. The van der Waals surface area contributed by atoms with Gasteiger partial charge in [0.1, 0.15) is 12.3 Å². The van der Waals surface area contributed by atoms with Gasteiger partial charge in [0.25, 0.3) is 0 Å². The molecule has 1 aliphatic rings. The average molecular weight is 319 g/mol. The molecule has 0 fully saturated rings. The van der Waals surface area contributed by atoms with Crippen LogP contribution in [-0.2, 0) is 4.84 Å². The Morgan fingerprint density at radius 2 is 2.04 bits per heavy atom. The van der Waals surface area contributed by atoms with Crippen molar-refractivity contribution in [1.82, 2.24) is 5.48 Å². The zero-order valence-electron chi connectivity index (χ0n) is 14.4. The molecule has 0 saturated carbocycles. The topological polar surface area (TPSA) is 52.0 Å². The lowest BCUT2D eigenvalue weighted by Crippen LogP contribution is -3.10. The molecule has 1 heterocycles. The first-order chi connectivity index (χ1) is 11.0. The number of hydrogen-bond acceptors (Lipinski definition) is 4. The summed E-state index contributed by atoms with van der Waals surface area (Å²) in [4.78, 5) is 18.9. The molecule has 0 aromatic heterocycles. The second-order valence-corrected chi connectivity index (χ2v) is 6.30. The van der Waals surface area contributed by atoms with Crippen LogP contribution in [0, 0.1) is 5.92 Å². The quantitative estimate of drug-likeness (QED) is 0.782. The molecular weight excluding hydrogens is 292 g/mol. The van der Waals surface area contributed by atoms with E-state index in [1.807, 2.05) is 0 Å². The third-order valence-corrected chi connectivity index (χ3v) is 3.99. The van der Waals surface area contributed by atoms with E-state index in [1.54, 1.807) is 24.3 Å². The molecule has 1 aromatic carbocycles. The van der Waals surface area contributed by atoms with Gasteiger partial charge < -0.3 is 14.5 Å². The lowest BCUT2D eigenvalue weighted by atomic mass is 9.99. The predicted molar refractivity (Wildman–Crippen MR) is 89.3 cm³/mol. The predicted octanol–water partition coefficient (Wildman–Crippen LogP) is 1.58. The summed E-state index contributed by atoms with van der Waals surface area (Å²) in [6, 6.07) is 7.02. The molecule has 1 aromatic rings. The van der Waals surface area contributed by atoms with Crippen LogP contribution in [0.1, 0.15) is 37.6 Å². The molecule has 1 aliphatic heterocycles. The van der Waals surface area contributed by atoms with Crippen molar-refractivity contribution in [1.29, 1.82) is 0 Å². The van der Waals surface area contributed by atoms with Crippen molar-refractivity contribution in [3.63, 3.8) is 0 Å². The van der Waals surface area contributed by atoms with Gasteiger partial charge in [-0.2, -0.15) is 0 Å². The van der Waals surface area contributed by atoms with Gasteiger partial charge in [0.05, 0.1) is 31.5 Å². The van der Waals surface area contributed by atoms with Gasteiger partial charge in [0.2, 0.25) is 0 Å². The second-order valence-electron chi connectivity index (χ2n) is 6.30. The fourth-order valence-corrected chi connectivity index (χ4v) is 2.92. The van der Waals surface area contributed by atoms with E-state index in [4.69, 9.17) is 9.57 Å². The van der Waals surface area contributed by atoms with E-state index in [1.165, 1.54) is 10.5 Å². The van der Waals surface area contributed by atoms with Crippen LogP contribution in [0.15, 0.2) is 35.5 Å². The molecule has 0 bridgehead atoms. The first-order valence-electron chi connectivity index (χ1n) is 8.22. The number of carbonyl (C=O) groups is 1. The van der Waals surface area contributed by atoms with E-state index < -0.39 is 0 Å². The van der Waals surface area contributed by atoms with Crippen LogP contribution in [-0.4, -0.2) is 32.7 Å². The standard InChI is InChI=1S/C18H26N2O3/c1-5-10-22-16-8-6-15(7-9-16)18(21)23-19-17-13(2)11-20(4)12-14(17)3/h6-9,13,19H,5,10-12H2,1-4H3/p+1/t13-/m0/s1. The molecule has 2 rings (SSSR count). The molecule has 2 atom stereocenters. The number of nitrogens with one attached hydrogen (secondary N) is 2. The Balaban J connectivity index is 1.93. The highest BCUT2D eigenvalue weighted by Gasteiger charge is 2.24. The third kappa shape index (κ3) is 4.73. The van der Waals surface area contributed by atoms with Gasteiger partial charge in [0, 0.05) is 11.5 Å². The molecule has 0 spiro atoms. The smallest absolute Gasteiger partial charge is 0.362 e. The van der Waals surface area contributed by atoms with Crippen molar-refractivity contribution in [2.75, 3.05) is 26.7 Å². The van der Waals surface area contributed by atoms with E-state index in [0.29, 0.717) is 18.1 Å². The first kappa shape index (κ1) is 17.3. The van der Waals surface area contributed by atoms with E-state index in [-0.39, 0.29) is 5.97 Å². The van der Waals surface area contributed by atoms with Crippen LogP contribution in [0.4, 0.5) is 0 Å². The Morgan fingerprint density at radius 3 is 2.65 bits per heavy atom. The molecular formula is C18H27N2O3+. The van der Waals surface area contributed by atoms with E-state index in [0.717, 1.165) is 31.0 Å². The summed E-state index contributed by atoms with van der Waals surface area (Å²) >= 11 is 0. The molecule has 0 saturated heterocycles. The molecule has 0 amide bonds. The van der Waals surface area contributed by atoms with Gasteiger partial charge in [-0.3, -0.25) is 0 Å². The highest BCUT2D eigenvalue weighted by molar-refractivity contribution is 5.89. The van der Waals surface area contributed by atoms with Crippen molar-refractivity contribution >= 4 is 5.97 Å². The number of carbonyl (C=O) groups excluding carboxylic acids is 1. The molecule has 0 aliphatic carbocycles. The number of benzene rings is 1. The van der Waals surface area contributed by atoms with Crippen molar-refractivity contribution in [3.8, 4) is 5.75 Å². The van der Waals surface area contributed by atoms with Gasteiger partial charge >= 0.3 is 5.97 Å². The summed E-state index contributed by atoms with van der Waals surface area (Å²) in [5.41, 5.74) is 5.63. The summed E-state index contributed by atoms with van der Waals surface area (Å²) in [6.45, 7) is 8.94. The van der Waals surface area contributed by atoms with Gasteiger partial charge in [-0.25, -0.2) is 10.3 Å². The van der Waals surface area contributed by atoms with Crippen LogP contribution < -0.4 is 15.1 Å². The number of hydroxylamine groups is 1. The van der Waals surface area contributed by atoms with Crippen molar-refractivity contribution in [2.24, 2.45) is 5.92 Å². The number of hydrogen-bond donors (Lipinski definition) is 2. The van der Waals surface area contributed by atoms with Crippen LogP contribution in [0.5, 0.6) is 5.75 Å². The highest BCUT2D eigenvalue weighted by atomic mass is 16.7. The summed E-state index contributed by atoms with van der Waals surface area (Å²) in [5.74, 6) is 0.731. The summed E-state index contributed by atoms with van der Waals surface area (Å²) in [5, 5.41) is 0. The molecule has 5 heteroatoms. The van der Waals surface area contributed by atoms with Gasteiger partial charge in [0.15, 0.2) is 0 Å². The van der Waals surface area contributed by atoms with E-state index in [2.05, 4.69) is 33.3 Å². The molecule has 2 N–H and O–H groups in total. The van der Waals surface area contributed by atoms with Crippen LogP contribution >= 0.6 is 0 Å². The second kappa shape index (κ2) is 8.02. The van der Waals surface area contributed by atoms with Crippen molar-refractivity contribution in [3.05, 3.63) is 41.1 Å². The van der Waals surface area contributed by atoms with Gasteiger partial charge in [-0.1, -0.05) is 13.8 Å². The molecule has 126 valence electrons. The number of ether oxygens (including phenoxy) is 1. The maximum absolute atomic E-state index is 12.1. The average Bonchev–Trinajstić information content (AvgIpc) is 2.52. The molecule has 5 nitrogen and oxygen atoms in total. The lowest BCUT2D eigenvalue weighted by molar-refractivity contribution is -0.879. The number of rotatable bonds is 6.